The molecule has 0 aliphatic carbocycles. The zero-order valence-electron chi connectivity index (χ0n) is 27.7. The highest BCUT2D eigenvalue weighted by Crippen LogP contribution is 2.43. The molecule has 0 saturated heterocycles. The molecule has 2 heteroatoms. The SMILES string of the molecule is N#Cc1ccc2c(c1)c1cc(-c3cccc(-c4cc5c6ccccc6c(-c6ccccc6)cc5c5ccccc45)c3)ccc1n2-c1ccccc1. The highest BCUT2D eigenvalue weighted by Gasteiger charge is 2.17. The second kappa shape index (κ2) is 11.6. The van der Waals surface area contributed by atoms with Crippen LogP contribution in [0.1, 0.15) is 5.56 Å². The largest absolute Gasteiger partial charge is 0.309 e. The van der Waals surface area contributed by atoms with Gasteiger partial charge in [-0.15, -0.1) is 0 Å². The van der Waals surface area contributed by atoms with Crippen molar-refractivity contribution in [2.75, 3.05) is 0 Å². The van der Waals surface area contributed by atoms with Crippen molar-refractivity contribution < 1.29 is 0 Å². The summed E-state index contributed by atoms with van der Waals surface area (Å²) in [7, 11) is 0. The third-order valence-corrected chi connectivity index (χ3v) is 10.4. The molecule has 0 atom stereocenters. The Bertz CT molecular complexity index is 3020. The molecule has 0 radical (unpaired) electrons. The van der Waals surface area contributed by atoms with Crippen LogP contribution < -0.4 is 0 Å². The van der Waals surface area contributed by atoms with Crippen LogP contribution >= 0.6 is 0 Å². The van der Waals surface area contributed by atoms with Crippen molar-refractivity contribution in [3.8, 4) is 45.1 Å². The van der Waals surface area contributed by atoms with Gasteiger partial charge in [0.1, 0.15) is 0 Å². The van der Waals surface area contributed by atoms with Gasteiger partial charge in [-0.1, -0.05) is 121 Å². The molecule has 0 N–H and O–H groups in total. The minimum Gasteiger partial charge on any atom is -0.309 e. The van der Waals surface area contributed by atoms with E-state index in [-0.39, 0.29) is 0 Å². The lowest BCUT2D eigenvalue weighted by atomic mass is 9.87. The second-order valence-corrected chi connectivity index (χ2v) is 13.2. The van der Waals surface area contributed by atoms with Crippen LogP contribution in [0.5, 0.6) is 0 Å². The van der Waals surface area contributed by atoms with E-state index in [1.165, 1.54) is 54.6 Å². The van der Waals surface area contributed by atoms with E-state index in [1.807, 2.05) is 18.2 Å². The van der Waals surface area contributed by atoms with Crippen molar-refractivity contribution >= 4 is 54.1 Å². The number of nitriles is 1. The van der Waals surface area contributed by atoms with Crippen molar-refractivity contribution in [1.82, 2.24) is 4.57 Å². The summed E-state index contributed by atoms with van der Waals surface area (Å²) in [6, 6.07) is 67.6. The number of benzene rings is 9. The summed E-state index contributed by atoms with van der Waals surface area (Å²) >= 11 is 0. The molecule has 0 aliphatic heterocycles. The van der Waals surface area contributed by atoms with Gasteiger partial charge < -0.3 is 4.57 Å². The topological polar surface area (TPSA) is 28.7 Å². The Labute approximate surface area is 295 Å². The van der Waals surface area contributed by atoms with Crippen LogP contribution in [-0.4, -0.2) is 4.57 Å². The van der Waals surface area contributed by atoms with Gasteiger partial charge >= 0.3 is 0 Å². The van der Waals surface area contributed by atoms with Gasteiger partial charge in [0.05, 0.1) is 22.7 Å². The summed E-state index contributed by atoms with van der Waals surface area (Å²) in [6.07, 6.45) is 0. The quantitative estimate of drug-likeness (QED) is 0.175. The fraction of sp³-hybridized carbons (Fsp3) is 0. The molecule has 10 rings (SSSR count). The van der Waals surface area contributed by atoms with Crippen LogP contribution in [0.2, 0.25) is 0 Å². The Morgan fingerprint density at radius 2 is 0.843 bits per heavy atom. The van der Waals surface area contributed by atoms with E-state index in [9.17, 15) is 5.26 Å². The third kappa shape index (κ3) is 4.64. The number of para-hydroxylation sites is 1. The maximum absolute atomic E-state index is 9.77. The Kier molecular flexibility index (Phi) is 6.59. The molecule has 236 valence electrons. The number of hydrogen-bond acceptors (Lipinski definition) is 1. The van der Waals surface area contributed by atoms with Crippen LogP contribution in [0.15, 0.2) is 182 Å². The van der Waals surface area contributed by atoms with Crippen molar-refractivity contribution in [3.05, 3.63) is 188 Å². The van der Waals surface area contributed by atoms with Crippen LogP contribution in [0, 0.1) is 11.3 Å². The summed E-state index contributed by atoms with van der Waals surface area (Å²) in [6.45, 7) is 0. The number of aromatic nitrogens is 1. The zero-order chi connectivity index (χ0) is 33.9. The summed E-state index contributed by atoms with van der Waals surface area (Å²) in [5.74, 6) is 0. The predicted octanol–water partition coefficient (Wildman–Crippen LogP) is 13.1. The average Bonchev–Trinajstić information content (AvgIpc) is 3.53. The minimum absolute atomic E-state index is 0.661. The number of nitrogens with zero attached hydrogens (tertiary/aromatic N) is 2. The maximum atomic E-state index is 9.77. The molecule has 51 heavy (non-hydrogen) atoms. The lowest BCUT2D eigenvalue weighted by Crippen LogP contribution is -1.93. The fourth-order valence-electron chi connectivity index (χ4n) is 8.04. The molecule has 1 aromatic heterocycles. The van der Waals surface area contributed by atoms with E-state index in [4.69, 9.17) is 0 Å². The predicted molar refractivity (Wildman–Crippen MR) is 214 cm³/mol. The number of fused-ring (bicyclic) bond motifs is 8. The lowest BCUT2D eigenvalue weighted by molar-refractivity contribution is 1.18. The van der Waals surface area contributed by atoms with Gasteiger partial charge in [-0.05, 0) is 126 Å². The van der Waals surface area contributed by atoms with E-state index < -0.39 is 0 Å². The summed E-state index contributed by atoms with van der Waals surface area (Å²) in [5.41, 5.74) is 11.1. The van der Waals surface area contributed by atoms with Gasteiger partial charge in [0.15, 0.2) is 0 Å². The normalized spacial score (nSPS) is 11.5. The van der Waals surface area contributed by atoms with E-state index in [0.29, 0.717) is 5.56 Å². The third-order valence-electron chi connectivity index (χ3n) is 10.4. The average molecular weight is 647 g/mol. The van der Waals surface area contributed by atoms with Crippen molar-refractivity contribution in [1.29, 1.82) is 5.26 Å². The standard InChI is InChI=1S/C49H30N2/c50-31-32-22-24-48-46(26-32)47-28-35(23-25-49(47)51(48)37-16-5-2-6-17-37)34-14-11-15-36(27-34)43-30-45-40-20-9-7-18-38(40)42(33-12-3-1-4-13-33)29-44(45)41-21-10-8-19-39(41)43/h1-30H. The smallest absolute Gasteiger partial charge is 0.0991 e. The summed E-state index contributed by atoms with van der Waals surface area (Å²) in [4.78, 5) is 0. The van der Waals surface area contributed by atoms with Gasteiger partial charge in [-0.25, -0.2) is 0 Å². The molecule has 0 aliphatic rings. The minimum atomic E-state index is 0.661. The van der Waals surface area contributed by atoms with Gasteiger partial charge in [-0.3, -0.25) is 0 Å². The van der Waals surface area contributed by atoms with Crippen molar-refractivity contribution in [2.45, 2.75) is 0 Å². The zero-order valence-corrected chi connectivity index (χ0v) is 27.7. The Balaban J connectivity index is 1.18. The van der Waals surface area contributed by atoms with E-state index in [1.54, 1.807) is 0 Å². The van der Waals surface area contributed by atoms with Crippen LogP contribution in [0.4, 0.5) is 0 Å². The second-order valence-electron chi connectivity index (χ2n) is 13.2. The van der Waals surface area contributed by atoms with Crippen LogP contribution in [-0.2, 0) is 0 Å². The highest BCUT2D eigenvalue weighted by molar-refractivity contribution is 6.24. The van der Waals surface area contributed by atoms with Crippen LogP contribution in [0.25, 0.3) is 93.2 Å². The van der Waals surface area contributed by atoms with Gasteiger partial charge in [0, 0.05) is 16.5 Å². The van der Waals surface area contributed by atoms with Gasteiger partial charge in [0.25, 0.3) is 0 Å². The monoisotopic (exact) mass is 646 g/mol. The first-order valence-corrected chi connectivity index (χ1v) is 17.3. The molecule has 0 bridgehead atoms. The number of hydrogen-bond donors (Lipinski definition) is 0. The molecular weight excluding hydrogens is 617 g/mol. The van der Waals surface area contributed by atoms with E-state index >= 15 is 0 Å². The number of rotatable bonds is 4. The van der Waals surface area contributed by atoms with Crippen molar-refractivity contribution in [2.24, 2.45) is 0 Å². The lowest BCUT2D eigenvalue weighted by Gasteiger charge is -2.16. The molecule has 9 aromatic carbocycles. The first-order chi connectivity index (χ1) is 25.2. The van der Waals surface area contributed by atoms with Crippen molar-refractivity contribution in [3.63, 3.8) is 0 Å². The van der Waals surface area contributed by atoms with Crippen LogP contribution in [0.3, 0.4) is 0 Å². The molecule has 0 amide bonds. The molecule has 0 saturated carbocycles. The van der Waals surface area contributed by atoms with E-state index in [0.717, 1.165) is 38.6 Å². The molecular formula is C49H30N2. The molecule has 0 fully saturated rings. The Morgan fingerprint density at radius 3 is 1.51 bits per heavy atom. The summed E-state index contributed by atoms with van der Waals surface area (Å²) < 4.78 is 2.29. The molecule has 2 nitrogen and oxygen atoms in total. The first-order valence-electron chi connectivity index (χ1n) is 17.3. The molecule has 0 spiro atoms. The van der Waals surface area contributed by atoms with Gasteiger partial charge in [-0.2, -0.15) is 5.26 Å². The summed E-state index contributed by atoms with van der Waals surface area (Å²) in [5, 5.41) is 19.5. The molecule has 1 heterocycles. The first kappa shape index (κ1) is 29.0. The van der Waals surface area contributed by atoms with E-state index in [2.05, 4.69) is 174 Å². The maximum Gasteiger partial charge on any atom is 0.0991 e. The Hall–Kier alpha value is -6.95. The fourth-order valence-corrected chi connectivity index (χ4v) is 8.04. The molecule has 0 unspecified atom stereocenters. The van der Waals surface area contributed by atoms with Gasteiger partial charge in [0.2, 0.25) is 0 Å². The Morgan fingerprint density at radius 1 is 0.333 bits per heavy atom. The molecule has 10 aromatic rings. The highest BCUT2D eigenvalue weighted by atomic mass is 15.0.